The first kappa shape index (κ1) is 16.1. The van der Waals surface area contributed by atoms with Crippen molar-refractivity contribution in [1.29, 1.82) is 0 Å². The third kappa shape index (κ3) is 4.11. The quantitative estimate of drug-likeness (QED) is 0.824. The number of carbonyl (C=O) groups is 2. The van der Waals surface area contributed by atoms with Crippen LogP contribution < -0.4 is 5.32 Å². The van der Waals surface area contributed by atoms with Crippen LogP contribution in [0.5, 0.6) is 0 Å². The van der Waals surface area contributed by atoms with Gasteiger partial charge in [0.1, 0.15) is 6.26 Å². The second-order valence-corrected chi connectivity index (χ2v) is 5.21. The fourth-order valence-corrected chi connectivity index (χ4v) is 2.24. The third-order valence-electron chi connectivity index (χ3n) is 2.74. The molecule has 0 aliphatic heterocycles. The van der Waals surface area contributed by atoms with E-state index in [1.807, 2.05) is 18.4 Å². The Kier molecular flexibility index (Phi) is 5.60. The van der Waals surface area contributed by atoms with E-state index in [4.69, 9.17) is 9.15 Å². The standard InChI is InChI=1S/C15H16N2O4S/c1-3-20-14(19)12-8-21-15(16-12)17-13(18)11-6-4-10(5-7-11)9-22-2/h4-8H,3,9H2,1-2H3,(H,16,17,18). The number of amides is 1. The molecule has 0 fully saturated rings. The minimum absolute atomic E-state index is 0.0208. The van der Waals surface area contributed by atoms with Crippen LogP contribution in [0.15, 0.2) is 34.9 Å². The number of anilines is 1. The molecule has 0 bridgehead atoms. The minimum Gasteiger partial charge on any atom is -0.461 e. The van der Waals surface area contributed by atoms with Crippen molar-refractivity contribution in [3.05, 3.63) is 47.3 Å². The summed E-state index contributed by atoms with van der Waals surface area (Å²) in [4.78, 5) is 27.4. The molecule has 116 valence electrons. The van der Waals surface area contributed by atoms with Crippen LogP contribution in [-0.4, -0.2) is 29.7 Å². The van der Waals surface area contributed by atoms with Gasteiger partial charge in [-0.1, -0.05) is 12.1 Å². The van der Waals surface area contributed by atoms with Gasteiger partial charge in [0.2, 0.25) is 0 Å². The number of aromatic nitrogens is 1. The number of hydrogen-bond acceptors (Lipinski definition) is 6. The Hall–Kier alpha value is -2.28. The zero-order chi connectivity index (χ0) is 15.9. The Balaban J connectivity index is 2.01. The van der Waals surface area contributed by atoms with Gasteiger partial charge in [-0.25, -0.2) is 4.79 Å². The van der Waals surface area contributed by atoms with Gasteiger partial charge in [0.25, 0.3) is 5.91 Å². The summed E-state index contributed by atoms with van der Waals surface area (Å²) in [6.45, 7) is 1.94. The first-order valence-corrected chi connectivity index (χ1v) is 8.05. The maximum atomic E-state index is 12.1. The SMILES string of the molecule is CCOC(=O)c1coc(NC(=O)c2ccc(CSC)cc2)n1. The summed E-state index contributed by atoms with van der Waals surface area (Å²) in [5.41, 5.74) is 1.65. The molecule has 0 spiro atoms. The average Bonchev–Trinajstić information content (AvgIpc) is 2.97. The fraction of sp³-hybridized carbons (Fsp3) is 0.267. The monoisotopic (exact) mass is 320 g/mol. The van der Waals surface area contributed by atoms with Crippen LogP contribution in [0.3, 0.4) is 0 Å². The summed E-state index contributed by atoms with van der Waals surface area (Å²) < 4.78 is 9.83. The lowest BCUT2D eigenvalue weighted by Gasteiger charge is -2.02. The molecule has 0 atom stereocenters. The van der Waals surface area contributed by atoms with Gasteiger partial charge >= 0.3 is 12.0 Å². The van der Waals surface area contributed by atoms with E-state index in [2.05, 4.69) is 10.3 Å². The van der Waals surface area contributed by atoms with Gasteiger partial charge in [-0.05, 0) is 30.9 Å². The molecule has 22 heavy (non-hydrogen) atoms. The molecule has 1 aromatic heterocycles. The molecule has 1 heterocycles. The Morgan fingerprint density at radius 3 is 2.68 bits per heavy atom. The largest absolute Gasteiger partial charge is 0.461 e. The molecular formula is C15H16N2O4S. The van der Waals surface area contributed by atoms with E-state index >= 15 is 0 Å². The second-order valence-electron chi connectivity index (χ2n) is 4.34. The molecular weight excluding hydrogens is 304 g/mol. The van der Waals surface area contributed by atoms with Crippen molar-refractivity contribution in [3.8, 4) is 0 Å². The van der Waals surface area contributed by atoms with E-state index < -0.39 is 5.97 Å². The topological polar surface area (TPSA) is 81.4 Å². The van der Waals surface area contributed by atoms with Crippen molar-refractivity contribution in [1.82, 2.24) is 4.98 Å². The highest BCUT2D eigenvalue weighted by Gasteiger charge is 2.15. The number of benzene rings is 1. The number of carbonyl (C=O) groups excluding carboxylic acids is 2. The van der Waals surface area contributed by atoms with Crippen molar-refractivity contribution in [2.75, 3.05) is 18.2 Å². The lowest BCUT2D eigenvalue weighted by atomic mass is 10.1. The molecule has 1 N–H and O–H groups in total. The molecule has 1 amide bonds. The first-order valence-electron chi connectivity index (χ1n) is 6.66. The van der Waals surface area contributed by atoms with Crippen molar-refractivity contribution in [3.63, 3.8) is 0 Å². The summed E-state index contributed by atoms with van der Waals surface area (Å²) >= 11 is 1.71. The van der Waals surface area contributed by atoms with Crippen LogP contribution in [0.1, 0.15) is 33.3 Å². The van der Waals surface area contributed by atoms with E-state index in [0.717, 1.165) is 17.6 Å². The fourth-order valence-electron chi connectivity index (χ4n) is 1.72. The highest BCUT2D eigenvalue weighted by atomic mass is 32.2. The van der Waals surface area contributed by atoms with Gasteiger partial charge in [0.05, 0.1) is 6.61 Å². The summed E-state index contributed by atoms with van der Waals surface area (Å²) in [6, 6.07) is 7.21. The molecule has 0 aliphatic carbocycles. The number of ether oxygens (including phenoxy) is 1. The summed E-state index contributed by atoms with van der Waals surface area (Å²) in [5, 5.41) is 2.50. The van der Waals surface area contributed by atoms with Gasteiger partial charge in [-0.3, -0.25) is 10.1 Å². The molecule has 0 unspecified atom stereocenters. The Bertz CT molecular complexity index is 652. The maximum absolute atomic E-state index is 12.1. The summed E-state index contributed by atoms with van der Waals surface area (Å²) in [7, 11) is 0. The van der Waals surface area contributed by atoms with Gasteiger partial charge in [0, 0.05) is 11.3 Å². The number of esters is 1. The number of thioether (sulfide) groups is 1. The van der Waals surface area contributed by atoms with Crippen LogP contribution in [0.25, 0.3) is 0 Å². The average molecular weight is 320 g/mol. The molecule has 1 aromatic carbocycles. The number of rotatable bonds is 6. The van der Waals surface area contributed by atoms with E-state index in [1.165, 1.54) is 0 Å². The van der Waals surface area contributed by atoms with E-state index in [0.29, 0.717) is 5.56 Å². The van der Waals surface area contributed by atoms with Gasteiger partial charge in [-0.2, -0.15) is 16.7 Å². The summed E-state index contributed by atoms with van der Waals surface area (Å²) in [5.74, 6) is -0.0500. The van der Waals surface area contributed by atoms with E-state index in [1.54, 1.807) is 30.8 Å². The molecule has 0 saturated heterocycles. The van der Waals surface area contributed by atoms with Crippen molar-refractivity contribution in [2.24, 2.45) is 0 Å². The second kappa shape index (κ2) is 7.65. The van der Waals surface area contributed by atoms with Gasteiger partial charge < -0.3 is 9.15 Å². The number of oxazole rings is 1. The number of nitrogens with zero attached hydrogens (tertiary/aromatic N) is 1. The third-order valence-corrected chi connectivity index (χ3v) is 3.36. The lowest BCUT2D eigenvalue weighted by molar-refractivity contribution is 0.0519. The van der Waals surface area contributed by atoms with Crippen LogP contribution in [-0.2, 0) is 10.5 Å². The Labute approximate surface area is 132 Å². The van der Waals surface area contributed by atoms with Crippen molar-refractivity contribution >= 4 is 29.7 Å². The number of nitrogens with one attached hydrogen (secondary N) is 1. The van der Waals surface area contributed by atoms with Crippen LogP contribution in [0.4, 0.5) is 6.01 Å². The van der Waals surface area contributed by atoms with E-state index in [-0.39, 0.29) is 24.2 Å². The van der Waals surface area contributed by atoms with Gasteiger partial charge in [-0.15, -0.1) is 0 Å². The smallest absolute Gasteiger partial charge is 0.360 e. The predicted octanol–water partition coefficient (Wildman–Crippen LogP) is 2.97. The van der Waals surface area contributed by atoms with Gasteiger partial charge in [0.15, 0.2) is 5.69 Å². The summed E-state index contributed by atoms with van der Waals surface area (Å²) in [6.07, 6.45) is 3.17. The molecule has 2 rings (SSSR count). The van der Waals surface area contributed by atoms with Crippen LogP contribution >= 0.6 is 11.8 Å². The highest BCUT2D eigenvalue weighted by Crippen LogP contribution is 2.13. The zero-order valence-corrected chi connectivity index (χ0v) is 13.1. The molecule has 2 aromatic rings. The molecule has 0 aliphatic rings. The Morgan fingerprint density at radius 2 is 2.05 bits per heavy atom. The van der Waals surface area contributed by atoms with E-state index in [9.17, 15) is 9.59 Å². The predicted molar refractivity (Wildman–Crippen MR) is 84.1 cm³/mol. The lowest BCUT2D eigenvalue weighted by Crippen LogP contribution is -2.12. The zero-order valence-electron chi connectivity index (χ0n) is 12.3. The minimum atomic E-state index is -0.590. The highest BCUT2D eigenvalue weighted by molar-refractivity contribution is 7.97. The van der Waals surface area contributed by atoms with Crippen LogP contribution in [0.2, 0.25) is 0 Å². The van der Waals surface area contributed by atoms with Crippen LogP contribution in [0, 0.1) is 0 Å². The Morgan fingerprint density at radius 1 is 1.32 bits per heavy atom. The first-order chi connectivity index (χ1) is 10.6. The van der Waals surface area contributed by atoms with Crippen molar-refractivity contribution < 1.29 is 18.7 Å². The normalized spacial score (nSPS) is 10.3. The molecule has 7 heteroatoms. The van der Waals surface area contributed by atoms with Crippen molar-refractivity contribution in [2.45, 2.75) is 12.7 Å². The molecule has 0 radical (unpaired) electrons. The number of hydrogen-bond donors (Lipinski definition) is 1. The molecule has 6 nitrogen and oxygen atoms in total. The maximum Gasteiger partial charge on any atom is 0.360 e. The molecule has 0 saturated carbocycles.